The molecule has 2 aromatic carbocycles. The van der Waals surface area contributed by atoms with Gasteiger partial charge in [0, 0.05) is 23.8 Å². The lowest BCUT2D eigenvalue weighted by molar-refractivity contribution is -0.384. The van der Waals surface area contributed by atoms with Crippen LogP contribution in [0.4, 0.5) is 11.4 Å². The average Bonchev–Trinajstić information content (AvgIpc) is 3.22. The summed E-state index contributed by atoms with van der Waals surface area (Å²) in [7, 11) is 3.06. The van der Waals surface area contributed by atoms with Gasteiger partial charge in [0.2, 0.25) is 11.8 Å². The molecule has 1 amide bonds. The Balaban J connectivity index is 1.65. The fourth-order valence-corrected chi connectivity index (χ4v) is 3.08. The van der Waals surface area contributed by atoms with E-state index in [0.717, 1.165) is 11.8 Å². The molecular weight excluding hydrogens is 436 g/mol. The van der Waals surface area contributed by atoms with Crippen molar-refractivity contribution in [2.45, 2.75) is 5.22 Å². The second kappa shape index (κ2) is 9.46. The van der Waals surface area contributed by atoms with Crippen LogP contribution in [-0.4, -0.2) is 41.0 Å². The molecular formula is C18H15ClN4O6S. The van der Waals surface area contributed by atoms with Gasteiger partial charge in [-0.3, -0.25) is 14.9 Å². The first-order valence-electron chi connectivity index (χ1n) is 8.33. The van der Waals surface area contributed by atoms with Crippen molar-refractivity contribution in [3.8, 4) is 23.0 Å². The number of carbonyl (C=O) groups excluding carboxylic acids is 1. The number of hydrogen-bond acceptors (Lipinski definition) is 9. The molecule has 1 heterocycles. The van der Waals surface area contributed by atoms with Crippen LogP contribution in [0, 0.1) is 10.1 Å². The summed E-state index contributed by atoms with van der Waals surface area (Å²) in [6, 6.07) is 8.91. The van der Waals surface area contributed by atoms with Crippen molar-refractivity contribution in [2.75, 3.05) is 25.3 Å². The van der Waals surface area contributed by atoms with Crippen LogP contribution in [0.15, 0.2) is 46.0 Å². The number of methoxy groups -OCH3 is 2. The molecule has 156 valence electrons. The first-order chi connectivity index (χ1) is 14.4. The number of amides is 1. The molecule has 0 aliphatic carbocycles. The zero-order chi connectivity index (χ0) is 21.7. The van der Waals surface area contributed by atoms with Gasteiger partial charge in [-0.25, -0.2) is 0 Å². The highest BCUT2D eigenvalue weighted by Crippen LogP contribution is 2.31. The van der Waals surface area contributed by atoms with Crippen LogP contribution in [0.5, 0.6) is 11.5 Å². The highest BCUT2D eigenvalue weighted by molar-refractivity contribution is 7.99. The van der Waals surface area contributed by atoms with Crippen LogP contribution in [0.2, 0.25) is 5.02 Å². The predicted molar refractivity (Wildman–Crippen MR) is 110 cm³/mol. The van der Waals surface area contributed by atoms with Gasteiger partial charge in [0.25, 0.3) is 10.9 Å². The summed E-state index contributed by atoms with van der Waals surface area (Å²) in [5.74, 6) is 0.846. The van der Waals surface area contributed by atoms with Gasteiger partial charge in [0.05, 0.1) is 35.6 Å². The summed E-state index contributed by atoms with van der Waals surface area (Å²) >= 11 is 6.99. The number of anilines is 1. The number of thioether (sulfide) groups is 1. The van der Waals surface area contributed by atoms with Crippen molar-refractivity contribution >= 4 is 40.6 Å². The molecule has 12 heteroatoms. The highest BCUT2D eigenvalue weighted by atomic mass is 35.5. The number of nitrogens with one attached hydrogen (secondary N) is 1. The zero-order valence-corrected chi connectivity index (χ0v) is 17.3. The van der Waals surface area contributed by atoms with Gasteiger partial charge < -0.3 is 19.2 Å². The van der Waals surface area contributed by atoms with Crippen molar-refractivity contribution < 1.29 is 23.6 Å². The number of nitro groups is 1. The largest absolute Gasteiger partial charge is 0.497 e. The standard InChI is InChI=1S/C18H15ClN4O6S/c1-27-12-5-10(6-13(8-12)28-2)17-21-22-18(29-17)30-9-16(24)20-15-7-11(23(25)26)3-4-14(15)19/h3-8H,9H2,1-2H3,(H,20,24). The van der Waals surface area contributed by atoms with E-state index in [1.807, 2.05) is 0 Å². The molecule has 0 unspecified atom stereocenters. The molecule has 1 N–H and O–H groups in total. The van der Waals surface area contributed by atoms with E-state index in [4.69, 9.17) is 25.5 Å². The van der Waals surface area contributed by atoms with E-state index in [2.05, 4.69) is 15.5 Å². The van der Waals surface area contributed by atoms with Crippen LogP contribution in [0.25, 0.3) is 11.5 Å². The third kappa shape index (κ3) is 5.19. The topological polar surface area (TPSA) is 130 Å². The van der Waals surface area contributed by atoms with E-state index in [1.54, 1.807) is 18.2 Å². The lowest BCUT2D eigenvalue weighted by atomic mass is 10.2. The molecule has 10 nitrogen and oxygen atoms in total. The van der Waals surface area contributed by atoms with Crippen molar-refractivity contribution in [1.29, 1.82) is 0 Å². The maximum Gasteiger partial charge on any atom is 0.277 e. The van der Waals surface area contributed by atoms with Crippen LogP contribution < -0.4 is 14.8 Å². The van der Waals surface area contributed by atoms with E-state index in [1.165, 1.54) is 32.4 Å². The van der Waals surface area contributed by atoms with Crippen molar-refractivity contribution in [3.63, 3.8) is 0 Å². The normalized spacial score (nSPS) is 10.5. The van der Waals surface area contributed by atoms with Gasteiger partial charge in [-0.15, -0.1) is 10.2 Å². The number of rotatable bonds is 8. The lowest BCUT2D eigenvalue weighted by Crippen LogP contribution is -2.14. The molecule has 0 aliphatic heterocycles. The maximum absolute atomic E-state index is 12.2. The molecule has 0 spiro atoms. The Morgan fingerprint density at radius 3 is 2.53 bits per heavy atom. The quantitative estimate of drug-likeness (QED) is 0.307. The Bertz CT molecular complexity index is 1070. The Labute approximate surface area is 179 Å². The lowest BCUT2D eigenvalue weighted by Gasteiger charge is -2.06. The number of ether oxygens (including phenoxy) is 2. The Hall–Kier alpha value is -3.31. The van der Waals surface area contributed by atoms with Crippen LogP contribution in [0.1, 0.15) is 0 Å². The van der Waals surface area contributed by atoms with Gasteiger partial charge >= 0.3 is 0 Å². The van der Waals surface area contributed by atoms with Gasteiger partial charge in [0.1, 0.15) is 11.5 Å². The third-order valence-electron chi connectivity index (χ3n) is 3.77. The number of non-ortho nitro benzene ring substituents is 1. The molecule has 0 aliphatic rings. The Kier molecular flexibility index (Phi) is 6.75. The van der Waals surface area contributed by atoms with Gasteiger partial charge in [-0.2, -0.15) is 0 Å². The molecule has 0 bridgehead atoms. The smallest absolute Gasteiger partial charge is 0.277 e. The number of aromatic nitrogens is 2. The number of benzene rings is 2. The van der Waals surface area contributed by atoms with Gasteiger partial charge in [-0.05, 0) is 18.2 Å². The summed E-state index contributed by atoms with van der Waals surface area (Å²) in [5.41, 5.74) is 0.558. The molecule has 0 atom stereocenters. The minimum Gasteiger partial charge on any atom is -0.497 e. The van der Waals surface area contributed by atoms with Crippen LogP contribution >= 0.6 is 23.4 Å². The number of halogens is 1. The van der Waals surface area contributed by atoms with E-state index >= 15 is 0 Å². The number of nitro benzene ring substituents is 1. The molecule has 3 rings (SSSR count). The van der Waals surface area contributed by atoms with Crippen molar-refractivity contribution in [2.24, 2.45) is 0 Å². The molecule has 0 radical (unpaired) electrons. The van der Waals surface area contributed by atoms with Gasteiger partial charge in [0.15, 0.2) is 0 Å². The number of hydrogen-bond donors (Lipinski definition) is 1. The fourth-order valence-electron chi connectivity index (χ4n) is 2.35. The number of carbonyl (C=O) groups is 1. The highest BCUT2D eigenvalue weighted by Gasteiger charge is 2.15. The molecule has 0 fully saturated rings. The summed E-state index contributed by atoms with van der Waals surface area (Å²) in [5, 5.41) is 21.6. The predicted octanol–water partition coefficient (Wildman–Crippen LogP) is 4.05. The van der Waals surface area contributed by atoms with E-state index in [9.17, 15) is 14.9 Å². The first-order valence-corrected chi connectivity index (χ1v) is 9.69. The summed E-state index contributed by atoms with van der Waals surface area (Å²) in [6.45, 7) is 0. The maximum atomic E-state index is 12.2. The molecule has 0 saturated carbocycles. The first kappa shape index (κ1) is 21.4. The van der Waals surface area contributed by atoms with E-state index < -0.39 is 10.8 Å². The fraction of sp³-hybridized carbons (Fsp3) is 0.167. The SMILES string of the molecule is COc1cc(OC)cc(-c2nnc(SCC(=O)Nc3cc([N+](=O)[O-])ccc3Cl)o2)c1. The van der Waals surface area contributed by atoms with Crippen LogP contribution in [-0.2, 0) is 4.79 Å². The number of nitrogens with zero attached hydrogens (tertiary/aromatic N) is 3. The minimum absolute atomic E-state index is 0.0674. The summed E-state index contributed by atoms with van der Waals surface area (Å²) in [4.78, 5) is 22.5. The third-order valence-corrected chi connectivity index (χ3v) is 4.91. The zero-order valence-electron chi connectivity index (χ0n) is 15.7. The summed E-state index contributed by atoms with van der Waals surface area (Å²) < 4.78 is 16.0. The molecule has 1 aromatic heterocycles. The Morgan fingerprint density at radius 1 is 1.20 bits per heavy atom. The average molecular weight is 451 g/mol. The van der Waals surface area contributed by atoms with E-state index in [0.29, 0.717) is 17.1 Å². The molecule has 30 heavy (non-hydrogen) atoms. The van der Waals surface area contributed by atoms with E-state index in [-0.39, 0.29) is 33.3 Å². The van der Waals surface area contributed by atoms with Gasteiger partial charge in [-0.1, -0.05) is 23.4 Å². The second-order valence-corrected chi connectivity index (χ2v) is 7.07. The monoisotopic (exact) mass is 450 g/mol. The van der Waals surface area contributed by atoms with Crippen molar-refractivity contribution in [3.05, 3.63) is 51.5 Å². The Morgan fingerprint density at radius 2 is 1.90 bits per heavy atom. The van der Waals surface area contributed by atoms with Crippen molar-refractivity contribution in [1.82, 2.24) is 10.2 Å². The second-order valence-electron chi connectivity index (χ2n) is 5.73. The minimum atomic E-state index is -0.575. The molecule has 3 aromatic rings. The summed E-state index contributed by atoms with van der Waals surface area (Å²) in [6.07, 6.45) is 0. The van der Waals surface area contributed by atoms with Crippen LogP contribution in [0.3, 0.4) is 0 Å². The molecule has 0 saturated heterocycles.